The molecule has 1 aromatic heterocycles. The third kappa shape index (κ3) is 2.98. The zero-order valence-electron chi connectivity index (χ0n) is 14.0. The van der Waals surface area contributed by atoms with Crippen LogP contribution in [0, 0.1) is 5.92 Å². The number of benzene rings is 1. The lowest BCUT2D eigenvalue weighted by Crippen LogP contribution is -2.49. The number of carbonyl (C=O) groups excluding carboxylic acids is 1. The summed E-state index contributed by atoms with van der Waals surface area (Å²) in [5.74, 6) is 0.387. The number of anilines is 1. The summed E-state index contributed by atoms with van der Waals surface area (Å²) in [6, 6.07) is 8.47. The van der Waals surface area contributed by atoms with Crippen LogP contribution in [-0.4, -0.2) is 54.7 Å². The Hall–Kier alpha value is -2.08. The molecule has 0 N–H and O–H groups in total. The maximum Gasteiger partial charge on any atom is 0.298 e. The molecule has 2 aliphatic rings. The number of rotatable bonds is 2. The summed E-state index contributed by atoms with van der Waals surface area (Å²) in [6.07, 6.45) is 1.84. The molecule has 2 aromatic rings. The van der Waals surface area contributed by atoms with Crippen molar-refractivity contribution >= 4 is 23.0 Å². The molecule has 1 unspecified atom stereocenters. The molecule has 3 heterocycles. The fraction of sp³-hybridized carbons (Fsp3) is 0.556. The number of para-hydroxylation sites is 2. The zero-order chi connectivity index (χ0) is 16.5. The van der Waals surface area contributed by atoms with E-state index in [4.69, 9.17) is 9.15 Å². The Labute approximate surface area is 141 Å². The van der Waals surface area contributed by atoms with Gasteiger partial charge in [0.15, 0.2) is 5.58 Å². The molecule has 1 amide bonds. The molecule has 1 atom stereocenters. The maximum atomic E-state index is 12.7. The predicted molar refractivity (Wildman–Crippen MR) is 90.9 cm³/mol. The van der Waals surface area contributed by atoms with E-state index in [1.165, 1.54) is 0 Å². The second-order valence-electron chi connectivity index (χ2n) is 6.69. The third-order valence-electron chi connectivity index (χ3n) is 4.95. The van der Waals surface area contributed by atoms with Gasteiger partial charge in [-0.25, -0.2) is 0 Å². The fourth-order valence-corrected chi connectivity index (χ4v) is 3.59. The SMILES string of the molecule is CC1CN(C(=O)C2CCN(c3nc4ccccc4o3)CC2)CCO1. The van der Waals surface area contributed by atoms with E-state index in [0.29, 0.717) is 25.7 Å². The average Bonchev–Trinajstić information content (AvgIpc) is 3.05. The van der Waals surface area contributed by atoms with Crippen LogP contribution in [0.25, 0.3) is 11.1 Å². The Kier molecular flexibility index (Phi) is 4.14. The van der Waals surface area contributed by atoms with Crippen LogP contribution in [0.4, 0.5) is 6.01 Å². The Morgan fingerprint density at radius 3 is 2.75 bits per heavy atom. The van der Waals surface area contributed by atoms with Crippen LogP contribution in [0.15, 0.2) is 28.7 Å². The van der Waals surface area contributed by atoms with E-state index < -0.39 is 0 Å². The van der Waals surface area contributed by atoms with Gasteiger partial charge in [-0.3, -0.25) is 4.79 Å². The summed E-state index contributed by atoms with van der Waals surface area (Å²) in [6.45, 7) is 5.72. The first-order valence-corrected chi connectivity index (χ1v) is 8.71. The smallest absolute Gasteiger partial charge is 0.298 e. The molecular formula is C18H23N3O3. The van der Waals surface area contributed by atoms with E-state index >= 15 is 0 Å². The standard InChI is InChI=1S/C18H23N3O3/c1-13-12-21(10-11-23-13)17(22)14-6-8-20(9-7-14)18-19-15-4-2-3-5-16(15)24-18/h2-5,13-14H,6-12H2,1H3. The highest BCUT2D eigenvalue weighted by atomic mass is 16.5. The summed E-state index contributed by atoms with van der Waals surface area (Å²) < 4.78 is 11.4. The van der Waals surface area contributed by atoms with Crippen molar-refractivity contribution in [2.75, 3.05) is 37.7 Å². The third-order valence-corrected chi connectivity index (χ3v) is 4.95. The van der Waals surface area contributed by atoms with Gasteiger partial charge in [-0.1, -0.05) is 12.1 Å². The predicted octanol–water partition coefficient (Wildman–Crippen LogP) is 2.29. The van der Waals surface area contributed by atoms with Crippen molar-refractivity contribution in [3.8, 4) is 0 Å². The van der Waals surface area contributed by atoms with E-state index in [0.717, 1.165) is 37.0 Å². The summed E-state index contributed by atoms with van der Waals surface area (Å²) in [5, 5.41) is 0. The van der Waals surface area contributed by atoms with Crippen LogP contribution in [0.5, 0.6) is 0 Å². The molecule has 24 heavy (non-hydrogen) atoms. The van der Waals surface area contributed by atoms with Crippen LogP contribution >= 0.6 is 0 Å². The van der Waals surface area contributed by atoms with Gasteiger partial charge >= 0.3 is 0 Å². The van der Waals surface area contributed by atoms with Crippen molar-refractivity contribution < 1.29 is 13.9 Å². The lowest BCUT2D eigenvalue weighted by atomic mass is 9.95. The topological polar surface area (TPSA) is 58.8 Å². The second kappa shape index (κ2) is 6.43. The average molecular weight is 329 g/mol. The van der Waals surface area contributed by atoms with Gasteiger partial charge in [0.1, 0.15) is 5.52 Å². The number of piperidine rings is 1. The van der Waals surface area contributed by atoms with Crippen LogP contribution in [0.1, 0.15) is 19.8 Å². The summed E-state index contributed by atoms with van der Waals surface area (Å²) in [7, 11) is 0. The van der Waals surface area contributed by atoms with Crippen molar-refractivity contribution in [2.45, 2.75) is 25.9 Å². The Bertz CT molecular complexity index is 688. The van der Waals surface area contributed by atoms with Crippen LogP contribution in [-0.2, 0) is 9.53 Å². The number of morpholine rings is 1. The monoisotopic (exact) mass is 329 g/mol. The normalized spacial score (nSPS) is 23.0. The summed E-state index contributed by atoms with van der Waals surface area (Å²) in [5.41, 5.74) is 1.70. The molecule has 0 aliphatic carbocycles. The highest BCUT2D eigenvalue weighted by Gasteiger charge is 2.31. The van der Waals surface area contributed by atoms with Gasteiger partial charge in [-0.2, -0.15) is 4.98 Å². The molecule has 0 bridgehead atoms. The van der Waals surface area contributed by atoms with Crippen molar-refractivity contribution in [3.05, 3.63) is 24.3 Å². The van der Waals surface area contributed by atoms with Gasteiger partial charge in [0, 0.05) is 32.1 Å². The minimum atomic E-state index is 0.107. The van der Waals surface area contributed by atoms with Gasteiger partial charge < -0.3 is 19.0 Å². The van der Waals surface area contributed by atoms with Crippen molar-refractivity contribution in [3.63, 3.8) is 0 Å². The largest absolute Gasteiger partial charge is 0.423 e. The van der Waals surface area contributed by atoms with E-state index in [1.807, 2.05) is 36.1 Å². The molecule has 1 aromatic carbocycles. The zero-order valence-corrected chi connectivity index (χ0v) is 14.0. The van der Waals surface area contributed by atoms with Gasteiger partial charge in [0.05, 0.1) is 12.7 Å². The number of hydrogen-bond donors (Lipinski definition) is 0. The molecule has 4 rings (SSSR count). The van der Waals surface area contributed by atoms with E-state index in [1.54, 1.807) is 0 Å². The number of carbonyl (C=O) groups is 1. The molecule has 0 spiro atoms. The number of hydrogen-bond acceptors (Lipinski definition) is 5. The number of fused-ring (bicyclic) bond motifs is 1. The number of oxazole rings is 1. The summed E-state index contributed by atoms with van der Waals surface area (Å²) in [4.78, 5) is 21.4. The molecule has 0 saturated carbocycles. The number of ether oxygens (including phenoxy) is 1. The van der Waals surface area contributed by atoms with Gasteiger partial charge in [0.2, 0.25) is 5.91 Å². The molecule has 2 saturated heterocycles. The van der Waals surface area contributed by atoms with Gasteiger partial charge in [-0.15, -0.1) is 0 Å². The minimum Gasteiger partial charge on any atom is -0.423 e. The first kappa shape index (κ1) is 15.4. The molecule has 6 heteroatoms. The molecule has 0 radical (unpaired) electrons. The van der Waals surface area contributed by atoms with Crippen molar-refractivity contribution in [1.29, 1.82) is 0 Å². The molecule has 6 nitrogen and oxygen atoms in total. The molecular weight excluding hydrogens is 306 g/mol. The fourth-order valence-electron chi connectivity index (χ4n) is 3.59. The van der Waals surface area contributed by atoms with Crippen LogP contribution in [0.2, 0.25) is 0 Å². The van der Waals surface area contributed by atoms with Crippen molar-refractivity contribution in [2.24, 2.45) is 5.92 Å². The Morgan fingerprint density at radius 2 is 2.00 bits per heavy atom. The van der Waals surface area contributed by atoms with Gasteiger partial charge in [-0.05, 0) is 31.9 Å². The lowest BCUT2D eigenvalue weighted by Gasteiger charge is -2.36. The highest BCUT2D eigenvalue weighted by Crippen LogP contribution is 2.27. The lowest BCUT2D eigenvalue weighted by molar-refractivity contribution is -0.143. The first-order valence-electron chi connectivity index (χ1n) is 8.71. The second-order valence-corrected chi connectivity index (χ2v) is 6.69. The van der Waals surface area contributed by atoms with E-state index in [9.17, 15) is 4.79 Å². The number of aromatic nitrogens is 1. The molecule has 2 aliphatic heterocycles. The number of amides is 1. The van der Waals surface area contributed by atoms with Crippen LogP contribution in [0.3, 0.4) is 0 Å². The van der Waals surface area contributed by atoms with Gasteiger partial charge in [0.25, 0.3) is 6.01 Å². The quantitative estimate of drug-likeness (QED) is 0.846. The minimum absolute atomic E-state index is 0.107. The molecule has 2 fully saturated rings. The Balaban J connectivity index is 1.38. The number of nitrogens with zero attached hydrogens (tertiary/aromatic N) is 3. The highest BCUT2D eigenvalue weighted by molar-refractivity contribution is 5.79. The maximum absolute atomic E-state index is 12.7. The van der Waals surface area contributed by atoms with Crippen LogP contribution < -0.4 is 4.90 Å². The van der Waals surface area contributed by atoms with E-state index in [2.05, 4.69) is 9.88 Å². The Morgan fingerprint density at radius 1 is 1.21 bits per heavy atom. The molecule has 128 valence electrons. The first-order chi connectivity index (χ1) is 11.7. The summed E-state index contributed by atoms with van der Waals surface area (Å²) >= 11 is 0. The van der Waals surface area contributed by atoms with E-state index in [-0.39, 0.29) is 17.9 Å². The van der Waals surface area contributed by atoms with Crippen molar-refractivity contribution in [1.82, 2.24) is 9.88 Å².